The predicted molar refractivity (Wildman–Crippen MR) is 161 cm³/mol. The van der Waals surface area contributed by atoms with Gasteiger partial charge in [-0.3, -0.25) is 14.4 Å². The van der Waals surface area contributed by atoms with Crippen LogP contribution in [-0.4, -0.2) is 22.5 Å². The van der Waals surface area contributed by atoms with Crippen LogP contribution in [0.5, 0.6) is 0 Å². The summed E-state index contributed by atoms with van der Waals surface area (Å²) in [5, 5.41) is 12.0. The topological polar surface area (TPSA) is 71.4 Å². The van der Waals surface area contributed by atoms with Crippen LogP contribution in [0.3, 0.4) is 0 Å². The summed E-state index contributed by atoms with van der Waals surface area (Å²) in [6, 6.07) is 0. The number of allylic oxidation sites excluding steroid dienone is 2. The van der Waals surface area contributed by atoms with E-state index in [1.165, 1.54) is 0 Å². The molecule has 0 amide bonds. The summed E-state index contributed by atoms with van der Waals surface area (Å²) in [5.41, 5.74) is -3.25. The molecule has 39 heavy (non-hydrogen) atoms. The van der Waals surface area contributed by atoms with Gasteiger partial charge < -0.3 is 5.11 Å². The number of hydrogen-bond donors (Lipinski definition) is 1. The Hall–Kier alpha value is -1.45. The number of aliphatic hydroxyl groups is 1. The monoisotopic (exact) mass is 544 g/mol. The van der Waals surface area contributed by atoms with E-state index in [-0.39, 0.29) is 29.0 Å². The number of fused-ring (bicyclic) bond motifs is 2. The smallest absolute Gasteiger partial charge is 0.183 e. The second-order valence-electron chi connectivity index (χ2n) is 15.3. The first-order valence-electron chi connectivity index (χ1n) is 16.1. The maximum atomic E-state index is 15.1. The molecule has 0 aromatic heterocycles. The molecule has 1 saturated carbocycles. The molecule has 4 heteroatoms. The van der Waals surface area contributed by atoms with Gasteiger partial charge in [-0.25, -0.2) is 0 Å². The van der Waals surface area contributed by atoms with Crippen LogP contribution in [-0.2, 0) is 14.4 Å². The van der Waals surface area contributed by atoms with Crippen molar-refractivity contribution in [1.82, 2.24) is 0 Å². The summed E-state index contributed by atoms with van der Waals surface area (Å²) in [7, 11) is 0. The van der Waals surface area contributed by atoms with E-state index in [1.807, 2.05) is 13.8 Å². The number of ketones is 3. The van der Waals surface area contributed by atoms with E-state index in [4.69, 9.17) is 0 Å². The number of rotatable bonds is 15. The lowest BCUT2D eigenvalue weighted by Crippen LogP contribution is -2.71. The first-order valence-corrected chi connectivity index (χ1v) is 16.1. The number of Topliss-reactive ketones (excluding diaryl/α,β-unsaturated/α-hetero) is 3. The zero-order valence-corrected chi connectivity index (χ0v) is 27.2. The van der Waals surface area contributed by atoms with E-state index in [0.29, 0.717) is 54.9 Å². The van der Waals surface area contributed by atoms with Gasteiger partial charge in [0.05, 0.1) is 5.41 Å². The van der Waals surface area contributed by atoms with E-state index < -0.39 is 22.2 Å². The van der Waals surface area contributed by atoms with Crippen molar-refractivity contribution in [3.63, 3.8) is 0 Å². The highest BCUT2D eigenvalue weighted by Gasteiger charge is 2.75. The molecule has 1 N–H and O–H groups in total. The van der Waals surface area contributed by atoms with Crippen LogP contribution in [0.25, 0.3) is 0 Å². The van der Waals surface area contributed by atoms with Crippen LogP contribution in [0.4, 0.5) is 0 Å². The van der Waals surface area contributed by atoms with Gasteiger partial charge in [-0.15, -0.1) is 0 Å². The Morgan fingerprint density at radius 1 is 0.821 bits per heavy atom. The zero-order valence-electron chi connectivity index (χ0n) is 27.2. The molecule has 2 aliphatic carbocycles. The maximum Gasteiger partial charge on any atom is 0.183 e. The van der Waals surface area contributed by atoms with E-state index >= 15 is 4.79 Å². The minimum Gasteiger partial charge on any atom is -0.511 e. The van der Waals surface area contributed by atoms with Gasteiger partial charge in [0.15, 0.2) is 22.8 Å². The molecule has 0 spiro atoms. The molecule has 0 aliphatic heterocycles. The minimum absolute atomic E-state index is 0.00441. The third kappa shape index (κ3) is 6.25. The SMILES string of the molecule is CC(C)CCC[C@]1(C)[C@@H](CCC(C)C)C[C@]2(CCC(C)C)C(=O)[C@@]1(C(=O)C(C)C)C(=O)C(CCC(C)C)=C2O. The molecule has 4 atom stereocenters. The van der Waals surface area contributed by atoms with Crippen LogP contribution in [0, 0.1) is 51.8 Å². The quantitative estimate of drug-likeness (QED) is 0.208. The molecule has 0 unspecified atom stereocenters. The maximum absolute atomic E-state index is 15.1. The highest BCUT2D eigenvalue weighted by molar-refractivity contribution is 6.33. The third-order valence-electron chi connectivity index (χ3n) is 10.1. The van der Waals surface area contributed by atoms with Gasteiger partial charge >= 0.3 is 0 Å². The van der Waals surface area contributed by atoms with Crippen molar-refractivity contribution in [3.05, 3.63) is 11.3 Å². The Balaban J connectivity index is 2.95. The van der Waals surface area contributed by atoms with Crippen molar-refractivity contribution < 1.29 is 19.5 Å². The number of hydrogen-bond acceptors (Lipinski definition) is 4. The van der Waals surface area contributed by atoms with Crippen LogP contribution in [0.1, 0.15) is 140 Å². The van der Waals surface area contributed by atoms with Gasteiger partial charge in [-0.2, -0.15) is 0 Å². The normalized spacial score (nSPS) is 29.6. The van der Waals surface area contributed by atoms with E-state index in [1.54, 1.807) is 0 Å². The van der Waals surface area contributed by atoms with Gasteiger partial charge in [0, 0.05) is 11.5 Å². The fraction of sp³-hybridized carbons (Fsp3) is 0.857. The number of carbonyl (C=O) groups excluding carboxylic acids is 3. The lowest BCUT2D eigenvalue weighted by molar-refractivity contribution is -0.182. The molecular formula is C35H60O4. The first kappa shape index (κ1) is 33.8. The van der Waals surface area contributed by atoms with Crippen LogP contribution < -0.4 is 0 Å². The standard InChI is InChI=1S/C35H60O4/c1-22(2)13-12-19-33(11)27(16-14-23(3)4)21-34(20-18-25(7)8)30(37)28(17-15-24(5)6)31(38)35(33,32(34)39)29(36)26(9)10/h22-27,37H,12-21H2,1-11H3/t27-,33+,34-,35+/m0/s1. The van der Waals surface area contributed by atoms with E-state index in [9.17, 15) is 14.7 Å². The highest BCUT2D eigenvalue weighted by Crippen LogP contribution is 2.68. The molecular weight excluding hydrogens is 484 g/mol. The van der Waals surface area contributed by atoms with Crippen molar-refractivity contribution in [3.8, 4) is 0 Å². The Morgan fingerprint density at radius 2 is 1.36 bits per heavy atom. The summed E-state index contributed by atoms with van der Waals surface area (Å²) in [6.45, 7) is 23.1. The Labute approximate surface area is 240 Å². The van der Waals surface area contributed by atoms with E-state index in [2.05, 4.69) is 62.3 Å². The second kappa shape index (κ2) is 13.0. The van der Waals surface area contributed by atoms with Gasteiger partial charge in [0.25, 0.3) is 0 Å². The van der Waals surface area contributed by atoms with Crippen LogP contribution in [0.15, 0.2) is 11.3 Å². The molecule has 0 radical (unpaired) electrons. The first-order chi connectivity index (χ1) is 18.0. The van der Waals surface area contributed by atoms with E-state index in [0.717, 1.165) is 38.5 Å². The van der Waals surface area contributed by atoms with Crippen molar-refractivity contribution in [2.45, 2.75) is 140 Å². The Bertz CT molecular complexity index is 923. The highest BCUT2D eigenvalue weighted by atomic mass is 16.3. The molecule has 1 fully saturated rings. The molecule has 0 heterocycles. The van der Waals surface area contributed by atoms with Crippen LogP contribution >= 0.6 is 0 Å². The molecule has 2 aliphatic rings. The van der Waals surface area contributed by atoms with Crippen molar-refractivity contribution >= 4 is 17.3 Å². The summed E-state index contributed by atoms with van der Waals surface area (Å²) in [5.74, 6) is 0.382. The fourth-order valence-electron chi connectivity index (χ4n) is 7.55. The zero-order chi connectivity index (χ0) is 29.9. The number of carbonyl (C=O) groups is 3. The van der Waals surface area contributed by atoms with Gasteiger partial charge in [0.1, 0.15) is 5.76 Å². The molecule has 4 nitrogen and oxygen atoms in total. The summed E-state index contributed by atoms with van der Waals surface area (Å²) in [4.78, 5) is 44.5. The second-order valence-corrected chi connectivity index (χ2v) is 15.3. The summed E-state index contributed by atoms with van der Waals surface area (Å²) in [6.07, 6.45) is 7.39. The number of aliphatic hydroxyl groups excluding tert-OH is 1. The molecule has 2 rings (SSSR count). The molecule has 0 saturated heterocycles. The summed E-state index contributed by atoms with van der Waals surface area (Å²) < 4.78 is 0. The van der Waals surface area contributed by atoms with Crippen molar-refractivity contribution in [1.29, 1.82) is 0 Å². The average molecular weight is 545 g/mol. The lowest BCUT2D eigenvalue weighted by atomic mass is 9.37. The predicted octanol–water partition coefficient (Wildman–Crippen LogP) is 9.31. The van der Waals surface area contributed by atoms with Crippen molar-refractivity contribution in [2.75, 3.05) is 0 Å². The average Bonchev–Trinajstić information content (AvgIpc) is 2.81. The van der Waals surface area contributed by atoms with Gasteiger partial charge in [-0.05, 0) is 80.0 Å². The molecule has 0 aromatic carbocycles. The molecule has 224 valence electrons. The van der Waals surface area contributed by atoms with Crippen LogP contribution in [0.2, 0.25) is 0 Å². The lowest BCUT2D eigenvalue weighted by Gasteiger charge is -2.61. The van der Waals surface area contributed by atoms with Gasteiger partial charge in [0.2, 0.25) is 0 Å². The largest absolute Gasteiger partial charge is 0.511 e. The summed E-state index contributed by atoms with van der Waals surface area (Å²) >= 11 is 0. The Kier molecular flexibility index (Phi) is 11.3. The third-order valence-corrected chi connectivity index (χ3v) is 10.1. The minimum atomic E-state index is -1.71. The Morgan fingerprint density at radius 3 is 1.85 bits per heavy atom. The fourth-order valence-corrected chi connectivity index (χ4v) is 7.55. The molecule has 0 aromatic rings. The molecule has 2 bridgehead atoms. The van der Waals surface area contributed by atoms with Gasteiger partial charge in [-0.1, -0.05) is 95.4 Å². The van der Waals surface area contributed by atoms with Crippen molar-refractivity contribution in [2.24, 2.45) is 51.8 Å².